The van der Waals surface area contributed by atoms with E-state index in [9.17, 15) is 19.2 Å². The van der Waals surface area contributed by atoms with Crippen LogP contribution in [0, 0.1) is 0 Å². The number of esters is 1. The van der Waals surface area contributed by atoms with Gasteiger partial charge in [0, 0.05) is 13.5 Å². The number of ether oxygens (including phenoxy) is 1. The first-order chi connectivity index (χ1) is 15.2. The average Bonchev–Trinajstić information content (AvgIpc) is 2.76. The minimum absolute atomic E-state index is 0.108. The quantitative estimate of drug-likeness (QED) is 0.596. The number of amides is 1. The molecule has 3 aromatic rings. The van der Waals surface area contributed by atoms with Crippen LogP contribution in [-0.4, -0.2) is 34.1 Å². The molecule has 1 aliphatic rings. The molecule has 0 fully saturated rings. The minimum Gasteiger partial charge on any atom is -0.445 e. The third kappa shape index (κ3) is 3.58. The van der Waals surface area contributed by atoms with Crippen LogP contribution in [0.5, 0.6) is 0 Å². The number of fused-ring (bicyclic) bond motifs is 1. The fourth-order valence-electron chi connectivity index (χ4n) is 3.93. The minimum atomic E-state index is -1.54. The molecule has 0 bridgehead atoms. The number of nitrogen functional groups attached to an aromatic ring is 1. The summed E-state index contributed by atoms with van der Waals surface area (Å²) in [5.41, 5.74) is 4.82. The Hall–Kier alpha value is -4.14. The zero-order chi connectivity index (χ0) is 23.0. The molecule has 9 heteroatoms. The molecule has 2 aromatic carbocycles. The molecule has 0 radical (unpaired) electrons. The largest absolute Gasteiger partial charge is 0.445 e. The van der Waals surface area contributed by atoms with Crippen molar-refractivity contribution in [3.8, 4) is 0 Å². The second kappa shape index (κ2) is 7.84. The summed E-state index contributed by atoms with van der Waals surface area (Å²) in [6.45, 7) is 1.60. The molecule has 3 N–H and O–H groups in total. The Kier molecular flexibility index (Phi) is 5.17. The maximum atomic E-state index is 13.4. The van der Waals surface area contributed by atoms with E-state index in [0.29, 0.717) is 11.1 Å². The van der Waals surface area contributed by atoms with Gasteiger partial charge in [0.25, 0.3) is 11.5 Å². The van der Waals surface area contributed by atoms with Crippen molar-refractivity contribution in [2.45, 2.75) is 25.5 Å². The number of aromatic nitrogens is 2. The van der Waals surface area contributed by atoms with Gasteiger partial charge < -0.3 is 15.4 Å². The van der Waals surface area contributed by atoms with Gasteiger partial charge in [0.1, 0.15) is 5.82 Å². The molecule has 1 aromatic heterocycles. The number of anilines is 2. The van der Waals surface area contributed by atoms with Gasteiger partial charge in [-0.2, -0.15) is 0 Å². The number of nitrogens with zero attached hydrogens (tertiary/aromatic N) is 2. The second-order valence-electron chi connectivity index (χ2n) is 7.88. The lowest BCUT2D eigenvalue weighted by atomic mass is 9.89. The zero-order valence-electron chi connectivity index (χ0n) is 17.6. The molecule has 0 aliphatic carbocycles. The third-order valence-electron chi connectivity index (χ3n) is 5.57. The molecule has 1 atom stereocenters. The van der Waals surface area contributed by atoms with Crippen LogP contribution in [0.1, 0.15) is 28.4 Å². The Morgan fingerprint density at radius 1 is 1.12 bits per heavy atom. The van der Waals surface area contributed by atoms with Crippen LogP contribution in [-0.2, 0) is 22.5 Å². The SMILES string of the molecule is CN(C(=O)C1(C)Cc2ccccc2C(=O)O1)c1c(N)n(Cc2ccccc2)c(=O)[nH]c1=O. The van der Waals surface area contributed by atoms with Crippen molar-refractivity contribution in [2.75, 3.05) is 17.7 Å². The maximum absolute atomic E-state index is 13.4. The van der Waals surface area contributed by atoms with Crippen molar-refractivity contribution in [3.05, 3.63) is 92.1 Å². The smallest absolute Gasteiger partial charge is 0.339 e. The molecule has 164 valence electrons. The second-order valence-corrected chi connectivity index (χ2v) is 7.88. The molecule has 1 amide bonds. The van der Waals surface area contributed by atoms with E-state index in [2.05, 4.69) is 4.98 Å². The number of hydrogen-bond donors (Lipinski definition) is 2. The molecular weight excluding hydrogens is 412 g/mol. The van der Waals surface area contributed by atoms with Gasteiger partial charge in [-0.05, 0) is 24.1 Å². The maximum Gasteiger partial charge on any atom is 0.339 e. The number of benzene rings is 2. The summed E-state index contributed by atoms with van der Waals surface area (Å²) in [6, 6.07) is 16.0. The molecule has 1 aliphatic heterocycles. The first kappa shape index (κ1) is 21.1. The molecule has 2 heterocycles. The number of likely N-dealkylation sites (N-methyl/N-ethyl adjacent to an activating group) is 1. The Bertz CT molecular complexity index is 1330. The number of carbonyl (C=O) groups is 2. The molecule has 0 saturated carbocycles. The predicted molar refractivity (Wildman–Crippen MR) is 119 cm³/mol. The Morgan fingerprint density at radius 2 is 1.78 bits per heavy atom. The summed E-state index contributed by atoms with van der Waals surface area (Å²) in [5.74, 6) is -1.42. The van der Waals surface area contributed by atoms with E-state index < -0.39 is 28.7 Å². The number of rotatable bonds is 4. The standard InChI is InChI=1S/C23H22N4O5/c1-23(12-15-10-6-7-11-16(15)20(29)32-23)21(30)26(2)17-18(24)27(22(31)25-19(17)28)13-14-8-4-3-5-9-14/h3-11H,12-13,24H2,1-2H3,(H,25,28,31). The highest BCUT2D eigenvalue weighted by Crippen LogP contribution is 2.31. The number of aromatic amines is 1. The fraction of sp³-hybridized carbons (Fsp3) is 0.217. The van der Waals surface area contributed by atoms with E-state index in [1.165, 1.54) is 18.5 Å². The van der Waals surface area contributed by atoms with E-state index in [0.717, 1.165) is 10.5 Å². The molecule has 0 saturated heterocycles. The number of cyclic esters (lactones) is 1. The van der Waals surface area contributed by atoms with E-state index >= 15 is 0 Å². The van der Waals surface area contributed by atoms with Gasteiger partial charge in [-0.25, -0.2) is 9.59 Å². The van der Waals surface area contributed by atoms with Crippen molar-refractivity contribution in [3.63, 3.8) is 0 Å². The monoisotopic (exact) mass is 434 g/mol. The van der Waals surface area contributed by atoms with Crippen molar-refractivity contribution in [1.29, 1.82) is 0 Å². The van der Waals surface area contributed by atoms with Gasteiger partial charge in [0.15, 0.2) is 11.3 Å². The topological polar surface area (TPSA) is 127 Å². The van der Waals surface area contributed by atoms with E-state index in [1.54, 1.807) is 24.3 Å². The Labute approximate surface area is 183 Å². The van der Waals surface area contributed by atoms with Crippen LogP contribution in [0.15, 0.2) is 64.2 Å². The number of carbonyl (C=O) groups excluding carboxylic acids is 2. The van der Waals surface area contributed by atoms with E-state index in [-0.39, 0.29) is 24.5 Å². The lowest BCUT2D eigenvalue weighted by Gasteiger charge is -2.35. The highest BCUT2D eigenvalue weighted by molar-refractivity contribution is 6.04. The van der Waals surface area contributed by atoms with Gasteiger partial charge in [0.05, 0.1) is 12.1 Å². The molecule has 32 heavy (non-hydrogen) atoms. The van der Waals surface area contributed by atoms with Gasteiger partial charge in [-0.15, -0.1) is 0 Å². The van der Waals surface area contributed by atoms with Gasteiger partial charge in [0.2, 0.25) is 0 Å². The Morgan fingerprint density at radius 3 is 2.50 bits per heavy atom. The van der Waals surface area contributed by atoms with Crippen molar-refractivity contribution in [2.24, 2.45) is 0 Å². The lowest BCUT2D eigenvalue weighted by Crippen LogP contribution is -2.53. The first-order valence-electron chi connectivity index (χ1n) is 9.97. The highest BCUT2D eigenvalue weighted by atomic mass is 16.6. The van der Waals surface area contributed by atoms with Crippen molar-refractivity contribution in [1.82, 2.24) is 9.55 Å². The van der Waals surface area contributed by atoms with Crippen LogP contribution in [0.3, 0.4) is 0 Å². The zero-order valence-corrected chi connectivity index (χ0v) is 17.6. The van der Waals surface area contributed by atoms with Crippen LogP contribution >= 0.6 is 0 Å². The van der Waals surface area contributed by atoms with E-state index in [4.69, 9.17) is 10.5 Å². The summed E-state index contributed by atoms with van der Waals surface area (Å²) in [6.07, 6.45) is 0.138. The lowest BCUT2D eigenvalue weighted by molar-refractivity contribution is -0.136. The number of nitrogens with two attached hydrogens (primary N) is 1. The highest BCUT2D eigenvalue weighted by Gasteiger charge is 2.45. The number of H-pyrrole nitrogens is 1. The van der Waals surface area contributed by atoms with Crippen LogP contribution in [0.2, 0.25) is 0 Å². The van der Waals surface area contributed by atoms with Crippen LogP contribution < -0.4 is 21.9 Å². The predicted octanol–water partition coefficient (Wildman–Crippen LogP) is 1.30. The van der Waals surface area contributed by atoms with Gasteiger partial charge >= 0.3 is 11.7 Å². The van der Waals surface area contributed by atoms with E-state index in [1.807, 2.05) is 30.3 Å². The summed E-state index contributed by atoms with van der Waals surface area (Å²) < 4.78 is 6.66. The molecule has 0 spiro atoms. The average molecular weight is 434 g/mol. The van der Waals surface area contributed by atoms with Crippen molar-refractivity contribution < 1.29 is 14.3 Å². The van der Waals surface area contributed by atoms with Gasteiger partial charge in [-0.1, -0.05) is 48.5 Å². The van der Waals surface area contributed by atoms with Gasteiger partial charge in [-0.3, -0.25) is 19.1 Å². The molecular formula is C23H22N4O5. The third-order valence-corrected chi connectivity index (χ3v) is 5.57. The van der Waals surface area contributed by atoms with Crippen molar-refractivity contribution >= 4 is 23.4 Å². The normalized spacial score (nSPS) is 17.4. The number of hydrogen-bond acceptors (Lipinski definition) is 6. The first-order valence-corrected chi connectivity index (χ1v) is 9.97. The summed E-state index contributed by atoms with van der Waals surface area (Å²) >= 11 is 0. The van der Waals surface area contributed by atoms with Crippen LogP contribution in [0.25, 0.3) is 0 Å². The number of nitrogens with one attached hydrogen (secondary N) is 1. The molecule has 9 nitrogen and oxygen atoms in total. The fourth-order valence-corrected chi connectivity index (χ4v) is 3.93. The molecule has 4 rings (SSSR count). The summed E-state index contributed by atoms with van der Waals surface area (Å²) in [5, 5.41) is 0. The summed E-state index contributed by atoms with van der Waals surface area (Å²) in [4.78, 5) is 54.1. The van der Waals surface area contributed by atoms with Crippen LogP contribution in [0.4, 0.5) is 11.5 Å². The summed E-state index contributed by atoms with van der Waals surface area (Å²) in [7, 11) is 1.36. The Balaban J connectivity index is 1.72. The molecule has 1 unspecified atom stereocenters.